The molecule has 10 heteroatoms. The van der Waals surface area contributed by atoms with E-state index in [9.17, 15) is 22.9 Å². The molecule has 0 amide bonds. The maximum Gasteiger partial charge on any atom is 0.269 e. The molecule has 1 heterocycles. The topological polar surface area (TPSA) is 83.8 Å². The lowest BCUT2D eigenvalue weighted by Gasteiger charge is -2.34. The molecule has 27 heavy (non-hydrogen) atoms. The largest absolute Gasteiger partial charge is 0.296 e. The van der Waals surface area contributed by atoms with Crippen molar-refractivity contribution in [1.82, 2.24) is 9.21 Å². The van der Waals surface area contributed by atoms with Crippen LogP contribution in [0, 0.1) is 15.9 Å². The van der Waals surface area contributed by atoms with Crippen molar-refractivity contribution in [1.29, 1.82) is 0 Å². The van der Waals surface area contributed by atoms with Gasteiger partial charge in [0, 0.05) is 49.3 Å². The second-order valence-corrected chi connectivity index (χ2v) is 8.96. The van der Waals surface area contributed by atoms with Crippen molar-refractivity contribution in [3.8, 4) is 0 Å². The molecule has 144 valence electrons. The van der Waals surface area contributed by atoms with Crippen molar-refractivity contribution in [2.75, 3.05) is 26.2 Å². The smallest absolute Gasteiger partial charge is 0.269 e. The Morgan fingerprint density at radius 3 is 2.26 bits per heavy atom. The Hall–Kier alpha value is -1.88. The van der Waals surface area contributed by atoms with Gasteiger partial charge in [-0.3, -0.25) is 15.0 Å². The fourth-order valence-corrected chi connectivity index (χ4v) is 4.81. The van der Waals surface area contributed by atoms with Crippen LogP contribution in [0.2, 0.25) is 0 Å². The number of halogens is 2. The highest BCUT2D eigenvalue weighted by molar-refractivity contribution is 9.10. The van der Waals surface area contributed by atoms with Gasteiger partial charge in [-0.05, 0) is 29.8 Å². The van der Waals surface area contributed by atoms with Crippen LogP contribution in [0.3, 0.4) is 0 Å². The van der Waals surface area contributed by atoms with Crippen LogP contribution < -0.4 is 0 Å². The number of benzene rings is 2. The molecule has 0 aliphatic carbocycles. The van der Waals surface area contributed by atoms with E-state index in [2.05, 4.69) is 20.8 Å². The van der Waals surface area contributed by atoms with Crippen LogP contribution >= 0.6 is 15.9 Å². The molecule has 7 nitrogen and oxygen atoms in total. The molecule has 0 aromatic heterocycles. The number of piperazine rings is 1. The zero-order chi connectivity index (χ0) is 19.6. The van der Waals surface area contributed by atoms with Gasteiger partial charge in [0.05, 0.1) is 9.82 Å². The van der Waals surface area contributed by atoms with Crippen molar-refractivity contribution < 1.29 is 17.7 Å². The van der Waals surface area contributed by atoms with Crippen molar-refractivity contribution in [3.05, 3.63) is 68.4 Å². The van der Waals surface area contributed by atoms with E-state index in [4.69, 9.17) is 0 Å². The lowest BCUT2D eigenvalue weighted by molar-refractivity contribution is -0.384. The third kappa shape index (κ3) is 4.52. The summed E-state index contributed by atoms with van der Waals surface area (Å²) in [6.45, 7) is 2.30. The van der Waals surface area contributed by atoms with Crippen LogP contribution in [0.1, 0.15) is 5.56 Å². The average molecular weight is 458 g/mol. The van der Waals surface area contributed by atoms with Gasteiger partial charge in [0.1, 0.15) is 5.82 Å². The van der Waals surface area contributed by atoms with Gasteiger partial charge in [-0.25, -0.2) is 12.8 Å². The van der Waals surface area contributed by atoms with E-state index < -0.39 is 14.9 Å². The first-order valence-corrected chi connectivity index (χ1v) is 10.4. The first kappa shape index (κ1) is 19.9. The fraction of sp³-hybridized carbons (Fsp3) is 0.294. The molecule has 0 saturated carbocycles. The second kappa shape index (κ2) is 8.01. The van der Waals surface area contributed by atoms with Gasteiger partial charge in [-0.1, -0.05) is 22.0 Å². The van der Waals surface area contributed by atoms with E-state index in [0.29, 0.717) is 37.2 Å². The minimum atomic E-state index is -3.69. The van der Waals surface area contributed by atoms with Crippen LogP contribution in [0.5, 0.6) is 0 Å². The maximum atomic E-state index is 13.2. The number of hydrogen-bond acceptors (Lipinski definition) is 5. The average Bonchev–Trinajstić information content (AvgIpc) is 2.64. The SMILES string of the molecule is O=[N+]([O-])c1ccc(S(=O)(=O)N2CCN(Cc3ccc(F)cc3Br)CC2)cc1. The minimum absolute atomic E-state index is 0.0443. The Labute approximate surface area is 164 Å². The normalized spacial score (nSPS) is 16.4. The number of rotatable bonds is 5. The molecule has 1 saturated heterocycles. The molecule has 3 rings (SSSR count). The van der Waals surface area contributed by atoms with E-state index in [1.54, 1.807) is 6.07 Å². The number of non-ortho nitro benzene ring substituents is 1. The summed E-state index contributed by atoms with van der Waals surface area (Å²) in [5, 5.41) is 10.7. The van der Waals surface area contributed by atoms with E-state index in [1.165, 1.54) is 40.7 Å². The van der Waals surface area contributed by atoms with Gasteiger partial charge in [-0.2, -0.15) is 4.31 Å². The molecule has 0 bridgehead atoms. The zero-order valence-electron chi connectivity index (χ0n) is 14.2. The molecule has 2 aromatic rings. The Bertz CT molecular complexity index is 945. The summed E-state index contributed by atoms with van der Waals surface area (Å²) < 4.78 is 40.7. The van der Waals surface area contributed by atoms with E-state index in [-0.39, 0.29) is 16.4 Å². The molecule has 0 unspecified atom stereocenters. The van der Waals surface area contributed by atoms with E-state index in [1.807, 2.05) is 0 Å². The van der Waals surface area contributed by atoms with Crippen molar-refractivity contribution in [2.24, 2.45) is 0 Å². The van der Waals surface area contributed by atoms with E-state index in [0.717, 1.165) is 5.56 Å². The van der Waals surface area contributed by atoms with Gasteiger partial charge >= 0.3 is 0 Å². The lowest BCUT2D eigenvalue weighted by Crippen LogP contribution is -2.48. The van der Waals surface area contributed by atoms with Crippen LogP contribution in [-0.2, 0) is 16.6 Å². The van der Waals surface area contributed by atoms with Gasteiger partial charge in [0.2, 0.25) is 10.0 Å². The zero-order valence-corrected chi connectivity index (χ0v) is 16.6. The van der Waals surface area contributed by atoms with Gasteiger partial charge in [-0.15, -0.1) is 0 Å². The third-order valence-electron chi connectivity index (χ3n) is 4.43. The Balaban J connectivity index is 1.64. The highest BCUT2D eigenvalue weighted by Gasteiger charge is 2.29. The quantitative estimate of drug-likeness (QED) is 0.508. The lowest BCUT2D eigenvalue weighted by atomic mass is 10.2. The molecule has 2 aromatic carbocycles. The number of sulfonamides is 1. The molecule has 0 radical (unpaired) electrons. The van der Waals surface area contributed by atoms with Crippen molar-refractivity contribution in [3.63, 3.8) is 0 Å². The Morgan fingerprint density at radius 1 is 1.07 bits per heavy atom. The summed E-state index contributed by atoms with van der Waals surface area (Å²) in [7, 11) is -3.69. The fourth-order valence-electron chi connectivity index (χ4n) is 2.91. The molecule has 1 aliphatic heterocycles. The highest BCUT2D eigenvalue weighted by atomic mass is 79.9. The molecule has 1 aliphatic rings. The molecular formula is C17H17BrFN3O4S. The van der Waals surface area contributed by atoms with Crippen molar-refractivity contribution in [2.45, 2.75) is 11.4 Å². The Kier molecular flexibility index (Phi) is 5.89. The summed E-state index contributed by atoms with van der Waals surface area (Å²) >= 11 is 3.34. The third-order valence-corrected chi connectivity index (χ3v) is 7.08. The molecular weight excluding hydrogens is 441 g/mol. The van der Waals surface area contributed by atoms with E-state index >= 15 is 0 Å². The number of nitro groups is 1. The summed E-state index contributed by atoms with van der Waals surface area (Å²) in [5.41, 5.74) is 0.784. The minimum Gasteiger partial charge on any atom is -0.296 e. The first-order chi connectivity index (χ1) is 12.8. The summed E-state index contributed by atoms with van der Waals surface area (Å²) in [6, 6.07) is 9.41. The second-order valence-electron chi connectivity index (χ2n) is 6.17. The molecule has 1 fully saturated rings. The summed E-state index contributed by atoms with van der Waals surface area (Å²) in [6.07, 6.45) is 0. The number of nitrogens with zero attached hydrogens (tertiary/aromatic N) is 3. The molecule has 0 N–H and O–H groups in total. The van der Waals surface area contributed by atoms with Gasteiger partial charge in [0.15, 0.2) is 0 Å². The standard InChI is InChI=1S/C17H17BrFN3O4S/c18-17-11-14(19)2-1-13(17)12-20-7-9-21(10-8-20)27(25,26)16-5-3-15(4-6-16)22(23)24/h1-6,11H,7-10,12H2. The van der Waals surface area contributed by atoms with Crippen LogP contribution in [0.4, 0.5) is 10.1 Å². The number of hydrogen-bond donors (Lipinski definition) is 0. The van der Waals surface area contributed by atoms with Crippen molar-refractivity contribution >= 4 is 31.6 Å². The predicted octanol–water partition coefficient (Wildman–Crippen LogP) is 3.00. The van der Waals surface area contributed by atoms with Crippen LogP contribution in [0.15, 0.2) is 51.8 Å². The highest BCUT2D eigenvalue weighted by Crippen LogP contribution is 2.23. The first-order valence-electron chi connectivity index (χ1n) is 8.18. The monoisotopic (exact) mass is 457 g/mol. The number of nitro benzene ring substituents is 1. The van der Waals surface area contributed by atoms with Crippen LogP contribution in [-0.4, -0.2) is 48.7 Å². The summed E-state index contributed by atoms with van der Waals surface area (Å²) in [5.74, 6) is -0.315. The molecule has 0 atom stereocenters. The van der Waals surface area contributed by atoms with Crippen LogP contribution in [0.25, 0.3) is 0 Å². The van der Waals surface area contributed by atoms with Gasteiger partial charge < -0.3 is 0 Å². The molecule has 0 spiro atoms. The Morgan fingerprint density at radius 2 is 1.70 bits per heavy atom. The summed E-state index contributed by atoms with van der Waals surface area (Å²) in [4.78, 5) is 12.3. The van der Waals surface area contributed by atoms with Gasteiger partial charge in [0.25, 0.3) is 5.69 Å². The maximum absolute atomic E-state index is 13.2. The predicted molar refractivity (Wildman–Crippen MR) is 101 cm³/mol.